The molecule has 0 aromatic heterocycles. The SMILES string of the molecule is CC(C)(C)[Si](C)(C)OCc1c(Cl)cc(O)c(F)c1Cl. The maximum absolute atomic E-state index is 13.5. The van der Waals surface area contributed by atoms with E-state index in [1.807, 2.05) is 0 Å². The Bertz CT molecular complexity index is 485. The third kappa shape index (κ3) is 3.63. The Morgan fingerprint density at radius 1 is 1.32 bits per heavy atom. The van der Waals surface area contributed by atoms with Gasteiger partial charge in [0, 0.05) is 11.6 Å². The molecule has 1 rings (SSSR count). The highest BCUT2D eigenvalue weighted by Gasteiger charge is 2.37. The van der Waals surface area contributed by atoms with Crippen LogP contribution in [0.15, 0.2) is 6.07 Å². The molecule has 108 valence electrons. The Balaban J connectivity index is 3.00. The van der Waals surface area contributed by atoms with Crippen LogP contribution >= 0.6 is 23.2 Å². The minimum Gasteiger partial charge on any atom is -0.505 e. The van der Waals surface area contributed by atoms with Gasteiger partial charge in [-0.2, -0.15) is 0 Å². The van der Waals surface area contributed by atoms with E-state index < -0.39 is 19.9 Å². The molecule has 0 bridgehead atoms. The van der Waals surface area contributed by atoms with Crippen molar-refractivity contribution in [2.24, 2.45) is 0 Å². The van der Waals surface area contributed by atoms with E-state index >= 15 is 0 Å². The molecular weight excluding hydrogens is 306 g/mol. The molecule has 19 heavy (non-hydrogen) atoms. The topological polar surface area (TPSA) is 29.5 Å². The Labute approximate surface area is 124 Å². The van der Waals surface area contributed by atoms with Gasteiger partial charge in [-0.25, -0.2) is 4.39 Å². The molecule has 2 nitrogen and oxygen atoms in total. The summed E-state index contributed by atoms with van der Waals surface area (Å²) in [4.78, 5) is 0. The number of benzene rings is 1. The molecular formula is C13H19Cl2FO2Si. The van der Waals surface area contributed by atoms with E-state index in [2.05, 4.69) is 33.9 Å². The van der Waals surface area contributed by atoms with Crippen molar-refractivity contribution in [3.8, 4) is 5.75 Å². The molecule has 0 atom stereocenters. The summed E-state index contributed by atoms with van der Waals surface area (Å²) in [5, 5.41) is 9.36. The fraction of sp³-hybridized carbons (Fsp3) is 0.538. The summed E-state index contributed by atoms with van der Waals surface area (Å²) in [5.41, 5.74) is 0.378. The van der Waals surface area contributed by atoms with Gasteiger partial charge in [-0.1, -0.05) is 44.0 Å². The summed E-state index contributed by atoms with van der Waals surface area (Å²) < 4.78 is 19.5. The van der Waals surface area contributed by atoms with Crippen molar-refractivity contribution in [2.75, 3.05) is 0 Å². The van der Waals surface area contributed by atoms with Gasteiger partial charge in [-0.3, -0.25) is 0 Å². The molecule has 0 radical (unpaired) electrons. The fourth-order valence-electron chi connectivity index (χ4n) is 1.22. The largest absolute Gasteiger partial charge is 0.505 e. The van der Waals surface area contributed by atoms with Crippen LogP contribution in [0, 0.1) is 5.82 Å². The quantitative estimate of drug-likeness (QED) is 0.599. The molecule has 0 heterocycles. The van der Waals surface area contributed by atoms with Crippen LogP contribution in [0.25, 0.3) is 0 Å². The summed E-state index contributed by atoms with van der Waals surface area (Å²) >= 11 is 11.8. The van der Waals surface area contributed by atoms with Gasteiger partial charge in [0.1, 0.15) is 0 Å². The van der Waals surface area contributed by atoms with Gasteiger partial charge in [0.2, 0.25) is 0 Å². The van der Waals surface area contributed by atoms with Crippen molar-refractivity contribution in [3.05, 3.63) is 27.5 Å². The highest BCUT2D eigenvalue weighted by atomic mass is 35.5. The van der Waals surface area contributed by atoms with Gasteiger partial charge in [-0.15, -0.1) is 0 Å². The van der Waals surface area contributed by atoms with Gasteiger partial charge < -0.3 is 9.53 Å². The first-order valence-electron chi connectivity index (χ1n) is 5.96. The van der Waals surface area contributed by atoms with E-state index in [-0.39, 0.29) is 21.7 Å². The first-order chi connectivity index (χ1) is 8.47. The second kappa shape index (κ2) is 5.60. The van der Waals surface area contributed by atoms with Crippen LogP contribution < -0.4 is 0 Å². The Morgan fingerprint density at radius 2 is 1.84 bits per heavy atom. The highest BCUT2D eigenvalue weighted by Crippen LogP contribution is 2.39. The summed E-state index contributed by atoms with van der Waals surface area (Å²) in [7, 11) is -1.97. The molecule has 0 aliphatic heterocycles. The van der Waals surface area contributed by atoms with Gasteiger partial charge in [-0.05, 0) is 18.1 Å². The van der Waals surface area contributed by atoms with Crippen molar-refractivity contribution in [3.63, 3.8) is 0 Å². The number of aromatic hydroxyl groups is 1. The maximum Gasteiger partial charge on any atom is 0.192 e. The second-order valence-electron chi connectivity index (χ2n) is 6.03. The smallest absolute Gasteiger partial charge is 0.192 e. The van der Waals surface area contributed by atoms with Crippen molar-refractivity contribution >= 4 is 31.5 Å². The van der Waals surface area contributed by atoms with Crippen molar-refractivity contribution in [2.45, 2.75) is 45.5 Å². The third-order valence-electron chi connectivity index (χ3n) is 3.62. The van der Waals surface area contributed by atoms with Gasteiger partial charge in [0.25, 0.3) is 0 Å². The zero-order chi connectivity index (χ0) is 15.0. The van der Waals surface area contributed by atoms with Crippen LogP contribution in [-0.4, -0.2) is 13.4 Å². The predicted octanol–water partition coefficient (Wildman–Crippen LogP) is 5.36. The van der Waals surface area contributed by atoms with E-state index in [0.29, 0.717) is 5.56 Å². The lowest BCUT2D eigenvalue weighted by atomic mass is 10.2. The number of hydrogen-bond donors (Lipinski definition) is 1. The average Bonchev–Trinajstić information content (AvgIpc) is 2.24. The average molecular weight is 325 g/mol. The van der Waals surface area contributed by atoms with Crippen LogP contribution in [0.3, 0.4) is 0 Å². The molecule has 1 aromatic rings. The van der Waals surface area contributed by atoms with Crippen LogP contribution in [-0.2, 0) is 11.0 Å². The van der Waals surface area contributed by atoms with Gasteiger partial charge in [0.15, 0.2) is 19.9 Å². The molecule has 0 saturated heterocycles. The number of phenols is 1. The van der Waals surface area contributed by atoms with E-state index in [0.717, 1.165) is 6.07 Å². The number of rotatable bonds is 3. The molecule has 0 fully saturated rings. The van der Waals surface area contributed by atoms with Crippen LogP contribution in [0.5, 0.6) is 5.75 Å². The Kier molecular flexibility index (Phi) is 4.94. The molecule has 6 heteroatoms. The summed E-state index contributed by atoms with van der Waals surface area (Å²) in [6, 6.07) is 1.15. The molecule has 0 unspecified atom stereocenters. The molecule has 0 spiro atoms. The first-order valence-corrected chi connectivity index (χ1v) is 9.63. The maximum atomic E-state index is 13.5. The van der Waals surface area contributed by atoms with Crippen molar-refractivity contribution in [1.82, 2.24) is 0 Å². The van der Waals surface area contributed by atoms with Gasteiger partial charge in [0.05, 0.1) is 16.7 Å². The molecule has 0 aliphatic rings. The van der Waals surface area contributed by atoms with Crippen LogP contribution in [0.1, 0.15) is 26.3 Å². The van der Waals surface area contributed by atoms with E-state index in [9.17, 15) is 9.50 Å². The van der Waals surface area contributed by atoms with Crippen LogP contribution in [0.4, 0.5) is 4.39 Å². The summed E-state index contributed by atoms with van der Waals surface area (Å²) in [5.74, 6) is -1.41. The number of phenolic OH excluding ortho intramolecular Hbond substituents is 1. The highest BCUT2D eigenvalue weighted by molar-refractivity contribution is 6.74. The zero-order valence-electron chi connectivity index (χ0n) is 11.8. The molecule has 0 saturated carbocycles. The lowest BCUT2D eigenvalue weighted by Crippen LogP contribution is -2.40. The first kappa shape index (κ1) is 16.8. The minimum absolute atomic E-state index is 0.0431. The number of hydrogen-bond acceptors (Lipinski definition) is 2. The third-order valence-corrected chi connectivity index (χ3v) is 8.83. The van der Waals surface area contributed by atoms with Gasteiger partial charge >= 0.3 is 0 Å². The lowest BCUT2D eigenvalue weighted by molar-refractivity contribution is 0.275. The second-order valence-corrected chi connectivity index (χ2v) is 11.6. The summed E-state index contributed by atoms with van der Waals surface area (Å²) in [6.07, 6.45) is 0. The van der Waals surface area contributed by atoms with E-state index in [1.54, 1.807) is 0 Å². The zero-order valence-corrected chi connectivity index (χ0v) is 14.3. The fourth-order valence-corrected chi connectivity index (χ4v) is 2.71. The Hall–Kier alpha value is -0.293. The van der Waals surface area contributed by atoms with E-state index in [1.165, 1.54) is 0 Å². The van der Waals surface area contributed by atoms with Crippen LogP contribution in [0.2, 0.25) is 28.2 Å². The summed E-state index contributed by atoms with van der Waals surface area (Å²) in [6.45, 7) is 10.7. The molecule has 0 aliphatic carbocycles. The normalized spacial score (nSPS) is 12.8. The standard InChI is InChI=1S/C13H19Cl2FO2Si/c1-13(2,3)19(4,5)18-7-8-9(14)6-10(17)12(16)11(8)15/h6,17H,7H2,1-5H3. The van der Waals surface area contributed by atoms with Crippen molar-refractivity contribution < 1.29 is 13.9 Å². The Morgan fingerprint density at radius 3 is 2.32 bits per heavy atom. The minimum atomic E-state index is -1.97. The number of halogens is 3. The molecule has 1 N–H and O–H groups in total. The molecule has 0 amide bonds. The van der Waals surface area contributed by atoms with E-state index in [4.69, 9.17) is 27.6 Å². The molecule has 1 aromatic carbocycles. The lowest BCUT2D eigenvalue weighted by Gasteiger charge is -2.36. The van der Waals surface area contributed by atoms with Crippen molar-refractivity contribution in [1.29, 1.82) is 0 Å². The monoisotopic (exact) mass is 324 g/mol. The predicted molar refractivity (Wildman–Crippen MR) is 80.1 cm³/mol.